The molecule has 2 aliphatic rings. The summed E-state index contributed by atoms with van der Waals surface area (Å²) in [6, 6.07) is 10.5. The maximum Gasteiger partial charge on any atom is 0.228 e. The van der Waals surface area contributed by atoms with Gasteiger partial charge < -0.3 is 5.32 Å². The molecule has 2 aromatic rings. The Bertz CT molecular complexity index is 727. The van der Waals surface area contributed by atoms with E-state index in [1.54, 1.807) is 6.20 Å². The highest BCUT2D eigenvalue weighted by atomic mass is 32.2. The summed E-state index contributed by atoms with van der Waals surface area (Å²) < 4.78 is 0. The molecule has 1 aromatic carbocycles. The number of nitrogens with one attached hydrogen (secondary N) is 2. The normalized spacial score (nSPS) is 22.3. The molecule has 2 N–H and O–H groups in total. The molecule has 0 radical (unpaired) electrons. The van der Waals surface area contributed by atoms with Crippen molar-refractivity contribution in [3.8, 4) is 11.3 Å². The number of amides is 1. The number of piperidine rings is 1. The topological polar surface area (TPSA) is 61.0 Å². The van der Waals surface area contributed by atoms with E-state index >= 15 is 0 Å². The van der Waals surface area contributed by atoms with E-state index in [9.17, 15) is 4.79 Å². The van der Waals surface area contributed by atoms with E-state index in [2.05, 4.69) is 43.9 Å². The van der Waals surface area contributed by atoms with Gasteiger partial charge in [0.05, 0.1) is 11.6 Å². The summed E-state index contributed by atoms with van der Waals surface area (Å²) in [5, 5.41) is 10.1. The molecule has 27 heavy (non-hydrogen) atoms. The molecule has 2 aliphatic heterocycles. The average molecular weight is 403 g/mol. The van der Waals surface area contributed by atoms with Gasteiger partial charge in [-0.2, -0.15) is 28.6 Å². The zero-order valence-corrected chi connectivity index (χ0v) is 17.0. The fourth-order valence-electron chi connectivity index (χ4n) is 3.76. The number of hydrogen-bond donors (Lipinski definition) is 2. The van der Waals surface area contributed by atoms with E-state index in [1.165, 1.54) is 23.0 Å². The Balaban J connectivity index is 1.34. The Labute approximate surface area is 169 Å². The molecule has 2 saturated heterocycles. The van der Waals surface area contributed by atoms with Crippen LogP contribution in [0.1, 0.15) is 12.8 Å². The van der Waals surface area contributed by atoms with Gasteiger partial charge in [-0.1, -0.05) is 12.1 Å². The van der Waals surface area contributed by atoms with Crippen LogP contribution < -0.4 is 5.32 Å². The van der Waals surface area contributed by atoms with Crippen LogP contribution in [0, 0.1) is 5.92 Å². The van der Waals surface area contributed by atoms with Crippen LogP contribution in [0.2, 0.25) is 0 Å². The molecule has 0 spiro atoms. The van der Waals surface area contributed by atoms with Crippen molar-refractivity contribution in [3.63, 3.8) is 0 Å². The summed E-state index contributed by atoms with van der Waals surface area (Å²) in [6.45, 7) is 2.03. The Morgan fingerprint density at radius 3 is 2.63 bits per heavy atom. The highest BCUT2D eigenvalue weighted by molar-refractivity contribution is 8.03. The Kier molecular flexibility index (Phi) is 6.42. The Hall–Kier alpha value is -1.44. The standard InChI is InChI=1S/C20H26N4OS2/c25-20(22-17-5-3-15(4-6-17)19-7-8-21-23-19)16-2-1-9-24(12-16)18-13-26-10-11-27-14-18/h3-8,16,18H,1-2,9-14H2,(H,21,23)(H,22,25). The summed E-state index contributed by atoms with van der Waals surface area (Å²) in [5.74, 6) is 5.17. The van der Waals surface area contributed by atoms with Gasteiger partial charge in [0.25, 0.3) is 0 Å². The second-order valence-electron chi connectivity index (χ2n) is 7.17. The van der Waals surface area contributed by atoms with Gasteiger partial charge in [0.2, 0.25) is 5.91 Å². The van der Waals surface area contributed by atoms with Crippen molar-refractivity contribution in [2.45, 2.75) is 18.9 Å². The number of benzene rings is 1. The van der Waals surface area contributed by atoms with Crippen molar-refractivity contribution < 1.29 is 4.79 Å². The minimum Gasteiger partial charge on any atom is -0.326 e. The number of carbonyl (C=O) groups excluding carboxylic acids is 1. The molecule has 0 aliphatic carbocycles. The van der Waals surface area contributed by atoms with E-state index in [0.29, 0.717) is 6.04 Å². The molecule has 144 valence electrons. The van der Waals surface area contributed by atoms with Crippen LogP contribution in [0.4, 0.5) is 5.69 Å². The predicted octanol–water partition coefficient (Wildman–Crippen LogP) is 3.58. The number of thioether (sulfide) groups is 2. The van der Waals surface area contributed by atoms with E-state index in [1.807, 2.05) is 30.3 Å². The van der Waals surface area contributed by atoms with Crippen LogP contribution in [0.5, 0.6) is 0 Å². The monoisotopic (exact) mass is 402 g/mol. The van der Waals surface area contributed by atoms with Gasteiger partial charge in [0, 0.05) is 47.5 Å². The minimum atomic E-state index is 0.0873. The first kappa shape index (κ1) is 18.9. The van der Waals surface area contributed by atoms with Crippen LogP contribution in [0.25, 0.3) is 11.3 Å². The van der Waals surface area contributed by atoms with Crippen molar-refractivity contribution in [3.05, 3.63) is 36.5 Å². The third-order valence-corrected chi connectivity index (χ3v) is 7.78. The summed E-state index contributed by atoms with van der Waals surface area (Å²) in [6.07, 6.45) is 3.84. The lowest BCUT2D eigenvalue weighted by molar-refractivity contribution is -0.121. The first-order valence-corrected chi connectivity index (χ1v) is 11.9. The van der Waals surface area contributed by atoms with Gasteiger partial charge in [0.15, 0.2) is 0 Å². The van der Waals surface area contributed by atoms with Crippen molar-refractivity contribution in [1.29, 1.82) is 0 Å². The number of rotatable bonds is 4. The molecular formula is C20H26N4OS2. The smallest absolute Gasteiger partial charge is 0.228 e. The van der Waals surface area contributed by atoms with Crippen molar-refractivity contribution >= 4 is 35.1 Å². The molecule has 4 rings (SSSR count). The van der Waals surface area contributed by atoms with Gasteiger partial charge in [0.1, 0.15) is 0 Å². The molecule has 3 heterocycles. The number of hydrogen-bond acceptors (Lipinski definition) is 5. The highest BCUT2D eigenvalue weighted by Crippen LogP contribution is 2.26. The quantitative estimate of drug-likeness (QED) is 0.819. The van der Waals surface area contributed by atoms with Crippen LogP contribution in [0.3, 0.4) is 0 Å². The molecule has 1 aromatic heterocycles. The molecule has 2 fully saturated rings. The third-order valence-electron chi connectivity index (χ3n) is 5.30. The lowest BCUT2D eigenvalue weighted by atomic mass is 9.96. The number of aromatic amines is 1. The van der Waals surface area contributed by atoms with Crippen LogP contribution in [-0.4, -0.2) is 63.1 Å². The molecule has 5 nitrogen and oxygen atoms in total. The molecule has 0 bridgehead atoms. The van der Waals surface area contributed by atoms with Crippen LogP contribution in [0.15, 0.2) is 36.5 Å². The molecular weight excluding hydrogens is 376 g/mol. The third kappa shape index (κ3) is 4.89. The maximum atomic E-state index is 12.8. The van der Waals surface area contributed by atoms with Crippen LogP contribution >= 0.6 is 23.5 Å². The zero-order valence-electron chi connectivity index (χ0n) is 15.4. The highest BCUT2D eigenvalue weighted by Gasteiger charge is 2.30. The number of anilines is 1. The second-order valence-corrected chi connectivity index (χ2v) is 9.47. The SMILES string of the molecule is O=C(Nc1ccc(-c2ccn[nH]2)cc1)C1CCCN(C2CSCCSC2)C1. The lowest BCUT2D eigenvalue weighted by Crippen LogP contribution is -2.47. The summed E-state index contributed by atoms with van der Waals surface area (Å²) in [4.78, 5) is 15.4. The van der Waals surface area contributed by atoms with E-state index in [-0.39, 0.29) is 11.8 Å². The Morgan fingerprint density at radius 2 is 1.93 bits per heavy atom. The Morgan fingerprint density at radius 1 is 1.15 bits per heavy atom. The van der Waals surface area contributed by atoms with Gasteiger partial charge in [-0.3, -0.25) is 14.8 Å². The molecule has 1 atom stereocenters. The number of aromatic nitrogens is 2. The van der Waals surface area contributed by atoms with Crippen molar-refractivity contribution in [2.75, 3.05) is 41.4 Å². The summed E-state index contributed by atoms with van der Waals surface area (Å²) >= 11 is 4.12. The average Bonchev–Trinajstić information content (AvgIpc) is 3.11. The van der Waals surface area contributed by atoms with Gasteiger partial charge >= 0.3 is 0 Å². The maximum absolute atomic E-state index is 12.8. The summed E-state index contributed by atoms with van der Waals surface area (Å²) in [5.41, 5.74) is 2.91. The van der Waals surface area contributed by atoms with Crippen molar-refractivity contribution in [2.24, 2.45) is 5.92 Å². The zero-order chi connectivity index (χ0) is 18.5. The molecule has 0 saturated carbocycles. The molecule has 1 amide bonds. The van der Waals surface area contributed by atoms with E-state index in [0.717, 1.165) is 42.9 Å². The van der Waals surface area contributed by atoms with E-state index < -0.39 is 0 Å². The number of H-pyrrole nitrogens is 1. The lowest BCUT2D eigenvalue weighted by Gasteiger charge is -2.37. The number of carbonyl (C=O) groups is 1. The fraction of sp³-hybridized carbons (Fsp3) is 0.500. The van der Waals surface area contributed by atoms with Crippen LogP contribution in [-0.2, 0) is 4.79 Å². The second kappa shape index (κ2) is 9.17. The number of likely N-dealkylation sites (tertiary alicyclic amines) is 1. The number of nitrogens with zero attached hydrogens (tertiary/aromatic N) is 2. The van der Waals surface area contributed by atoms with Gasteiger partial charge in [-0.25, -0.2) is 0 Å². The largest absolute Gasteiger partial charge is 0.326 e. The predicted molar refractivity (Wildman–Crippen MR) is 115 cm³/mol. The van der Waals surface area contributed by atoms with Crippen molar-refractivity contribution in [1.82, 2.24) is 15.1 Å². The minimum absolute atomic E-state index is 0.0873. The first-order valence-electron chi connectivity index (χ1n) is 9.60. The summed E-state index contributed by atoms with van der Waals surface area (Å²) in [7, 11) is 0. The fourth-order valence-corrected chi connectivity index (χ4v) is 6.39. The van der Waals surface area contributed by atoms with E-state index in [4.69, 9.17) is 0 Å². The van der Waals surface area contributed by atoms with Gasteiger partial charge in [-0.05, 0) is 43.1 Å². The first-order chi connectivity index (χ1) is 13.3. The molecule has 1 unspecified atom stereocenters. The van der Waals surface area contributed by atoms with Gasteiger partial charge in [-0.15, -0.1) is 0 Å². The molecule has 7 heteroatoms.